The van der Waals surface area contributed by atoms with Crippen LogP contribution in [0.25, 0.3) is 0 Å². The molecule has 1 N–H and O–H groups in total. The largest absolute Gasteiger partial charge is 0.360 e. The summed E-state index contributed by atoms with van der Waals surface area (Å²) < 4.78 is 10.4. The van der Waals surface area contributed by atoms with Crippen molar-refractivity contribution in [1.82, 2.24) is 10.1 Å². The average Bonchev–Trinajstić information content (AvgIpc) is 2.96. The van der Waals surface area contributed by atoms with Gasteiger partial charge in [-0.05, 0) is 24.6 Å². The molecule has 2 aromatic rings. The summed E-state index contributed by atoms with van der Waals surface area (Å²) >= 11 is 5.91. The van der Waals surface area contributed by atoms with E-state index in [1.807, 2.05) is 0 Å². The summed E-state index contributed by atoms with van der Waals surface area (Å²) in [5, 5.41) is 6.95. The normalized spacial score (nSPS) is 21.0. The molecular formula is C16H16ClN3O4. The number of hydrogen-bond donors (Lipinski definition) is 1. The number of aryl methyl sites for hydroxylation is 1. The van der Waals surface area contributed by atoms with Gasteiger partial charge in [0.1, 0.15) is 12.4 Å². The number of halogens is 1. The molecule has 1 aromatic heterocycles. The first-order valence-corrected chi connectivity index (χ1v) is 7.70. The second kappa shape index (κ2) is 6.62. The van der Waals surface area contributed by atoms with Crippen LogP contribution in [0.5, 0.6) is 0 Å². The molecule has 0 spiro atoms. The number of hydrogen-bond acceptors (Lipinski definition) is 5. The lowest BCUT2D eigenvalue weighted by atomic mass is 9.97. The second-order valence-electron chi connectivity index (χ2n) is 5.54. The standard InChI is InChI=1S/C16H16ClN3O4/c1-9-7-12(19-24-9)18-16(22)15-14(20(2)13(21)8-23-15)10-3-5-11(17)6-4-10/h3-7,14-15H,8H2,1-2H3,(H,18,19,22)/t14-,15+/m0/s1. The number of amides is 2. The van der Waals surface area contributed by atoms with Crippen LogP contribution >= 0.6 is 11.6 Å². The lowest BCUT2D eigenvalue weighted by molar-refractivity contribution is -0.160. The van der Waals surface area contributed by atoms with Crippen LogP contribution in [0.1, 0.15) is 17.4 Å². The predicted octanol–water partition coefficient (Wildman–Crippen LogP) is 2.17. The summed E-state index contributed by atoms with van der Waals surface area (Å²) in [6.45, 7) is 1.57. The third-order valence-corrected chi connectivity index (χ3v) is 4.08. The molecule has 0 radical (unpaired) electrons. The maximum Gasteiger partial charge on any atom is 0.257 e. The molecule has 1 aliphatic rings. The van der Waals surface area contributed by atoms with Crippen LogP contribution in [-0.2, 0) is 14.3 Å². The zero-order valence-corrected chi connectivity index (χ0v) is 13.9. The van der Waals surface area contributed by atoms with E-state index in [9.17, 15) is 9.59 Å². The molecule has 0 saturated carbocycles. The van der Waals surface area contributed by atoms with E-state index < -0.39 is 18.1 Å². The highest BCUT2D eigenvalue weighted by Crippen LogP contribution is 2.30. The number of nitrogens with one attached hydrogen (secondary N) is 1. The number of anilines is 1. The first kappa shape index (κ1) is 16.5. The molecular weight excluding hydrogens is 334 g/mol. The van der Waals surface area contributed by atoms with Gasteiger partial charge < -0.3 is 19.5 Å². The average molecular weight is 350 g/mol. The third kappa shape index (κ3) is 3.27. The minimum Gasteiger partial charge on any atom is -0.360 e. The molecule has 0 unspecified atom stereocenters. The molecule has 1 aromatic carbocycles. The molecule has 1 fully saturated rings. The van der Waals surface area contributed by atoms with Gasteiger partial charge in [-0.15, -0.1) is 0 Å². The van der Waals surface area contributed by atoms with Gasteiger partial charge in [0.25, 0.3) is 5.91 Å². The fourth-order valence-corrected chi connectivity index (χ4v) is 2.74. The van der Waals surface area contributed by atoms with Crippen LogP contribution in [0.3, 0.4) is 0 Å². The van der Waals surface area contributed by atoms with Crippen LogP contribution in [0.4, 0.5) is 5.82 Å². The van der Waals surface area contributed by atoms with Crippen molar-refractivity contribution in [2.24, 2.45) is 0 Å². The van der Waals surface area contributed by atoms with Crippen molar-refractivity contribution >= 4 is 29.2 Å². The fourth-order valence-electron chi connectivity index (χ4n) is 2.61. The quantitative estimate of drug-likeness (QED) is 0.918. The van der Waals surface area contributed by atoms with Crippen molar-refractivity contribution in [2.45, 2.75) is 19.1 Å². The maximum atomic E-state index is 12.6. The van der Waals surface area contributed by atoms with Crippen molar-refractivity contribution in [2.75, 3.05) is 19.0 Å². The Morgan fingerprint density at radius 3 is 2.71 bits per heavy atom. The van der Waals surface area contributed by atoms with E-state index in [1.165, 1.54) is 4.90 Å². The highest BCUT2D eigenvalue weighted by atomic mass is 35.5. The molecule has 8 heteroatoms. The summed E-state index contributed by atoms with van der Waals surface area (Å²) in [5.41, 5.74) is 0.756. The smallest absolute Gasteiger partial charge is 0.257 e. The third-order valence-electron chi connectivity index (χ3n) is 3.83. The lowest BCUT2D eigenvalue weighted by Gasteiger charge is -2.38. The van der Waals surface area contributed by atoms with E-state index in [0.717, 1.165) is 5.56 Å². The predicted molar refractivity (Wildman–Crippen MR) is 86.6 cm³/mol. The molecule has 1 aliphatic heterocycles. The zero-order valence-electron chi connectivity index (χ0n) is 13.2. The van der Waals surface area contributed by atoms with Crippen molar-refractivity contribution in [3.05, 3.63) is 46.7 Å². The molecule has 2 heterocycles. The zero-order chi connectivity index (χ0) is 17.3. The number of carbonyl (C=O) groups is 2. The highest BCUT2D eigenvalue weighted by molar-refractivity contribution is 6.30. The minimum absolute atomic E-state index is 0.156. The van der Waals surface area contributed by atoms with Crippen molar-refractivity contribution in [1.29, 1.82) is 0 Å². The summed E-state index contributed by atoms with van der Waals surface area (Å²) in [5.74, 6) is 0.283. The Hall–Kier alpha value is -2.38. The Kier molecular flexibility index (Phi) is 4.55. The van der Waals surface area contributed by atoms with Crippen LogP contribution in [0.2, 0.25) is 5.02 Å². The van der Waals surface area contributed by atoms with E-state index in [1.54, 1.807) is 44.3 Å². The van der Waals surface area contributed by atoms with Crippen molar-refractivity contribution in [3.63, 3.8) is 0 Å². The van der Waals surface area contributed by atoms with E-state index in [2.05, 4.69) is 10.5 Å². The SMILES string of the molecule is Cc1cc(NC(=O)[C@@H]2OCC(=O)N(C)[C@H]2c2ccc(Cl)cc2)no1. The maximum absolute atomic E-state index is 12.6. The Morgan fingerprint density at radius 2 is 2.08 bits per heavy atom. The van der Waals surface area contributed by atoms with Gasteiger partial charge in [-0.2, -0.15) is 0 Å². The minimum atomic E-state index is -0.870. The van der Waals surface area contributed by atoms with Gasteiger partial charge >= 0.3 is 0 Å². The lowest BCUT2D eigenvalue weighted by Crippen LogP contribution is -2.51. The van der Waals surface area contributed by atoms with E-state index in [4.69, 9.17) is 20.9 Å². The first-order chi connectivity index (χ1) is 11.5. The number of benzene rings is 1. The number of nitrogens with zero attached hydrogens (tertiary/aromatic N) is 2. The van der Waals surface area contributed by atoms with Crippen LogP contribution in [0, 0.1) is 6.92 Å². The number of morpholine rings is 1. The molecule has 24 heavy (non-hydrogen) atoms. The number of ether oxygens (including phenoxy) is 1. The van der Waals surface area contributed by atoms with Crippen molar-refractivity contribution in [3.8, 4) is 0 Å². The van der Waals surface area contributed by atoms with Crippen LogP contribution in [-0.4, -0.2) is 41.6 Å². The number of likely N-dealkylation sites (N-methyl/N-ethyl adjacent to an activating group) is 1. The van der Waals surface area contributed by atoms with Gasteiger partial charge in [-0.3, -0.25) is 9.59 Å². The molecule has 1 saturated heterocycles. The van der Waals surface area contributed by atoms with E-state index >= 15 is 0 Å². The van der Waals surface area contributed by atoms with Gasteiger partial charge in [-0.25, -0.2) is 0 Å². The molecule has 2 amide bonds. The highest BCUT2D eigenvalue weighted by Gasteiger charge is 2.40. The summed E-state index contributed by atoms with van der Waals surface area (Å²) in [6, 6.07) is 8.00. The molecule has 0 aliphatic carbocycles. The Bertz CT molecular complexity index is 759. The Labute approximate surface area is 143 Å². The van der Waals surface area contributed by atoms with E-state index in [-0.39, 0.29) is 12.5 Å². The molecule has 126 valence electrons. The number of aromatic nitrogens is 1. The van der Waals surface area contributed by atoms with Crippen LogP contribution in [0.15, 0.2) is 34.9 Å². The van der Waals surface area contributed by atoms with Gasteiger partial charge in [0, 0.05) is 18.1 Å². The second-order valence-corrected chi connectivity index (χ2v) is 5.98. The van der Waals surface area contributed by atoms with Crippen molar-refractivity contribution < 1.29 is 18.8 Å². The topological polar surface area (TPSA) is 84.7 Å². The summed E-state index contributed by atoms with van der Waals surface area (Å²) in [4.78, 5) is 26.1. The van der Waals surface area contributed by atoms with Crippen LogP contribution < -0.4 is 5.32 Å². The van der Waals surface area contributed by atoms with Gasteiger partial charge in [0.15, 0.2) is 11.9 Å². The molecule has 0 bridgehead atoms. The molecule has 7 nitrogen and oxygen atoms in total. The fraction of sp³-hybridized carbons (Fsp3) is 0.312. The Morgan fingerprint density at radius 1 is 1.38 bits per heavy atom. The van der Waals surface area contributed by atoms with E-state index in [0.29, 0.717) is 16.6 Å². The number of carbonyl (C=O) groups excluding carboxylic acids is 2. The number of rotatable bonds is 3. The Balaban J connectivity index is 1.86. The van der Waals surface area contributed by atoms with Gasteiger partial charge in [0.05, 0.1) is 6.04 Å². The van der Waals surface area contributed by atoms with Gasteiger partial charge in [0.2, 0.25) is 5.91 Å². The molecule has 2 atom stereocenters. The first-order valence-electron chi connectivity index (χ1n) is 7.32. The monoisotopic (exact) mass is 349 g/mol. The van der Waals surface area contributed by atoms with Gasteiger partial charge in [-0.1, -0.05) is 28.9 Å². The molecule has 3 rings (SSSR count). The summed E-state index contributed by atoms with van der Waals surface area (Å²) in [6.07, 6.45) is -0.870. The summed E-state index contributed by atoms with van der Waals surface area (Å²) in [7, 11) is 1.64.